The number of halogens is 3. The zero-order valence-corrected chi connectivity index (χ0v) is 17.1. The lowest BCUT2D eigenvalue weighted by atomic mass is 10.2. The van der Waals surface area contributed by atoms with Crippen LogP contribution in [0.15, 0.2) is 47.5 Å². The molecule has 1 heterocycles. The molecule has 1 N–H and O–H groups in total. The minimum Gasteiger partial charge on any atom is -0.325 e. The van der Waals surface area contributed by atoms with Crippen molar-refractivity contribution < 1.29 is 14.0 Å². The second-order valence-corrected chi connectivity index (χ2v) is 7.92. The van der Waals surface area contributed by atoms with E-state index in [0.29, 0.717) is 33.1 Å². The fraction of sp³-hybridized carbons (Fsp3) is 0.211. The van der Waals surface area contributed by atoms with Gasteiger partial charge in [0.15, 0.2) is 5.17 Å². The molecule has 2 aromatic carbocycles. The minimum atomic E-state index is -0.649. The highest BCUT2D eigenvalue weighted by Crippen LogP contribution is 2.31. The van der Waals surface area contributed by atoms with E-state index in [4.69, 9.17) is 23.2 Å². The Bertz CT molecular complexity index is 937. The second-order valence-electron chi connectivity index (χ2n) is 5.94. The van der Waals surface area contributed by atoms with Crippen molar-refractivity contribution in [2.45, 2.75) is 18.6 Å². The molecule has 1 unspecified atom stereocenters. The molecule has 2 aromatic rings. The van der Waals surface area contributed by atoms with E-state index >= 15 is 0 Å². The van der Waals surface area contributed by atoms with Crippen molar-refractivity contribution in [3.63, 3.8) is 0 Å². The predicted molar refractivity (Wildman–Crippen MR) is 112 cm³/mol. The second kappa shape index (κ2) is 8.94. The summed E-state index contributed by atoms with van der Waals surface area (Å²) in [6, 6.07) is 10.4. The van der Waals surface area contributed by atoms with Gasteiger partial charge >= 0.3 is 0 Å². The first-order valence-electron chi connectivity index (χ1n) is 8.44. The number of amidine groups is 1. The Balaban J connectivity index is 1.80. The normalized spacial score (nSPS) is 18.4. The Morgan fingerprint density at radius 2 is 1.96 bits per heavy atom. The van der Waals surface area contributed by atoms with Crippen molar-refractivity contribution in [2.75, 3.05) is 11.9 Å². The molecule has 2 amide bonds. The molecule has 28 heavy (non-hydrogen) atoms. The summed E-state index contributed by atoms with van der Waals surface area (Å²) in [7, 11) is 0. The lowest BCUT2D eigenvalue weighted by molar-refractivity contribution is -0.129. The number of aliphatic imine (C=N–C) groups is 1. The third-order valence-corrected chi connectivity index (χ3v) is 5.91. The van der Waals surface area contributed by atoms with Gasteiger partial charge in [-0.1, -0.05) is 35.0 Å². The van der Waals surface area contributed by atoms with Crippen LogP contribution in [0.1, 0.15) is 13.3 Å². The van der Waals surface area contributed by atoms with Crippen molar-refractivity contribution in [3.05, 3.63) is 58.3 Å². The van der Waals surface area contributed by atoms with Gasteiger partial charge in [0.2, 0.25) is 11.8 Å². The number of rotatable bonds is 4. The van der Waals surface area contributed by atoms with Crippen molar-refractivity contribution in [1.29, 1.82) is 0 Å². The van der Waals surface area contributed by atoms with Gasteiger partial charge in [-0.3, -0.25) is 14.5 Å². The number of nitrogens with one attached hydrogen (secondary N) is 1. The largest absolute Gasteiger partial charge is 0.325 e. The summed E-state index contributed by atoms with van der Waals surface area (Å²) in [5.74, 6) is -0.904. The third kappa shape index (κ3) is 4.84. The average Bonchev–Trinajstić information content (AvgIpc) is 2.66. The number of benzene rings is 2. The van der Waals surface area contributed by atoms with Crippen LogP contribution in [0.4, 0.5) is 15.8 Å². The van der Waals surface area contributed by atoms with E-state index in [0.717, 1.165) is 0 Å². The summed E-state index contributed by atoms with van der Waals surface area (Å²) in [5.41, 5.74) is 0.989. The molecule has 0 bridgehead atoms. The number of nitrogens with zero attached hydrogens (tertiary/aromatic N) is 2. The van der Waals surface area contributed by atoms with Gasteiger partial charge in [-0.05, 0) is 49.4 Å². The first kappa shape index (κ1) is 20.6. The van der Waals surface area contributed by atoms with Gasteiger partial charge in [0.25, 0.3) is 0 Å². The van der Waals surface area contributed by atoms with Gasteiger partial charge < -0.3 is 5.32 Å². The monoisotopic (exact) mass is 439 g/mol. The SMILES string of the molecule is CCN1C(=O)CC(C(=O)Nc2ccc(Cl)c(Cl)c2)SC1=Nc1ccc(F)cc1. The molecule has 5 nitrogen and oxygen atoms in total. The van der Waals surface area contributed by atoms with Crippen molar-refractivity contribution >= 4 is 63.3 Å². The number of anilines is 1. The molecule has 0 spiro atoms. The third-order valence-electron chi connectivity index (χ3n) is 3.99. The van der Waals surface area contributed by atoms with E-state index in [1.165, 1.54) is 40.9 Å². The summed E-state index contributed by atoms with van der Waals surface area (Å²) in [6.07, 6.45) is 0.0497. The van der Waals surface area contributed by atoms with Crippen LogP contribution in [-0.4, -0.2) is 33.7 Å². The molecule has 0 aromatic heterocycles. The topological polar surface area (TPSA) is 61.8 Å². The molecule has 146 valence electrons. The van der Waals surface area contributed by atoms with Gasteiger partial charge in [-0.25, -0.2) is 9.38 Å². The van der Waals surface area contributed by atoms with Crippen LogP contribution >= 0.6 is 35.0 Å². The molecule has 0 aliphatic carbocycles. The highest BCUT2D eigenvalue weighted by molar-refractivity contribution is 8.15. The maximum Gasteiger partial charge on any atom is 0.238 e. The van der Waals surface area contributed by atoms with Crippen LogP contribution in [0, 0.1) is 5.82 Å². The lowest BCUT2D eigenvalue weighted by Crippen LogP contribution is -2.45. The average molecular weight is 440 g/mol. The van der Waals surface area contributed by atoms with Crippen LogP contribution in [0.2, 0.25) is 10.0 Å². The van der Waals surface area contributed by atoms with Crippen LogP contribution in [-0.2, 0) is 9.59 Å². The van der Waals surface area contributed by atoms with Crippen molar-refractivity contribution in [1.82, 2.24) is 4.90 Å². The summed E-state index contributed by atoms with van der Waals surface area (Å²) in [6.45, 7) is 2.25. The number of amides is 2. The Morgan fingerprint density at radius 3 is 2.61 bits per heavy atom. The van der Waals surface area contributed by atoms with E-state index in [9.17, 15) is 14.0 Å². The Labute approximate surface area is 175 Å². The molecule has 1 saturated heterocycles. The number of hydrogen-bond acceptors (Lipinski definition) is 4. The first-order chi connectivity index (χ1) is 13.4. The zero-order valence-electron chi connectivity index (χ0n) is 14.8. The van der Waals surface area contributed by atoms with Gasteiger partial charge in [0.1, 0.15) is 11.1 Å². The number of hydrogen-bond donors (Lipinski definition) is 1. The summed E-state index contributed by atoms with van der Waals surface area (Å²) >= 11 is 13.1. The highest BCUT2D eigenvalue weighted by Gasteiger charge is 2.35. The van der Waals surface area contributed by atoms with Crippen LogP contribution in [0.5, 0.6) is 0 Å². The molecule has 1 fully saturated rings. The smallest absolute Gasteiger partial charge is 0.238 e. The van der Waals surface area contributed by atoms with E-state index in [2.05, 4.69) is 10.3 Å². The van der Waals surface area contributed by atoms with E-state index < -0.39 is 5.25 Å². The van der Waals surface area contributed by atoms with E-state index in [1.807, 2.05) is 6.92 Å². The molecular weight excluding hydrogens is 424 g/mol. The van der Waals surface area contributed by atoms with Crippen LogP contribution in [0.25, 0.3) is 0 Å². The fourth-order valence-electron chi connectivity index (χ4n) is 2.58. The van der Waals surface area contributed by atoms with Gasteiger partial charge in [-0.15, -0.1) is 0 Å². The number of thioether (sulfide) groups is 1. The molecule has 0 radical (unpaired) electrons. The fourth-order valence-corrected chi connectivity index (χ4v) is 4.04. The number of carbonyl (C=O) groups excluding carboxylic acids is 2. The van der Waals surface area contributed by atoms with E-state index in [1.54, 1.807) is 18.2 Å². The first-order valence-corrected chi connectivity index (χ1v) is 10.1. The van der Waals surface area contributed by atoms with Gasteiger partial charge in [-0.2, -0.15) is 0 Å². The molecular formula is C19H16Cl2FN3O2S. The lowest BCUT2D eigenvalue weighted by Gasteiger charge is -2.30. The summed E-state index contributed by atoms with van der Waals surface area (Å²) in [5, 5.41) is 3.21. The molecule has 1 aliphatic heterocycles. The maximum atomic E-state index is 13.1. The summed E-state index contributed by atoms with van der Waals surface area (Å²) in [4.78, 5) is 31.1. The molecule has 1 aliphatic rings. The minimum absolute atomic E-state index is 0.0497. The number of carbonyl (C=O) groups is 2. The maximum absolute atomic E-state index is 13.1. The molecule has 9 heteroatoms. The Hall–Kier alpha value is -2.09. The van der Waals surface area contributed by atoms with Crippen LogP contribution < -0.4 is 5.32 Å². The predicted octanol–water partition coefficient (Wildman–Crippen LogP) is 5.11. The molecule has 1 atom stereocenters. The van der Waals surface area contributed by atoms with E-state index in [-0.39, 0.29) is 24.1 Å². The summed E-state index contributed by atoms with van der Waals surface area (Å²) < 4.78 is 13.1. The van der Waals surface area contributed by atoms with Crippen molar-refractivity contribution in [2.24, 2.45) is 4.99 Å². The van der Waals surface area contributed by atoms with Crippen LogP contribution in [0.3, 0.4) is 0 Å². The van der Waals surface area contributed by atoms with Gasteiger partial charge in [0.05, 0.1) is 15.7 Å². The Kier molecular flexibility index (Phi) is 6.59. The Morgan fingerprint density at radius 1 is 1.25 bits per heavy atom. The molecule has 0 saturated carbocycles. The van der Waals surface area contributed by atoms with Crippen molar-refractivity contribution in [3.8, 4) is 0 Å². The standard InChI is InChI=1S/C19H16Cl2FN3O2S/c1-2-25-17(26)10-16(18(27)23-13-7-8-14(20)15(21)9-13)28-19(25)24-12-5-3-11(22)4-6-12/h3-9,16H,2,10H2,1H3,(H,23,27). The zero-order chi connectivity index (χ0) is 20.3. The van der Waals surface area contributed by atoms with Gasteiger partial charge in [0, 0.05) is 18.7 Å². The highest BCUT2D eigenvalue weighted by atomic mass is 35.5. The molecule has 3 rings (SSSR count). The quantitative estimate of drug-likeness (QED) is 0.719.